The van der Waals surface area contributed by atoms with E-state index in [0.29, 0.717) is 44.0 Å². The number of likely N-dealkylation sites (tertiary alicyclic amines) is 1. The van der Waals surface area contributed by atoms with Gasteiger partial charge in [-0.3, -0.25) is 4.79 Å². The van der Waals surface area contributed by atoms with Gasteiger partial charge >= 0.3 is 0 Å². The number of nitrogens with zero attached hydrogens (tertiary/aromatic N) is 2. The number of hydrogen-bond acceptors (Lipinski definition) is 4. The van der Waals surface area contributed by atoms with Gasteiger partial charge in [-0.15, -0.1) is 0 Å². The van der Waals surface area contributed by atoms with Gasteiger partial charge in [-0.05, 0) is 56.4 Å². The normalized spacial score (nSPS) is 20.2. The summed E-state index contributed by atoms with van der Waals surface area (Å²) >= 11 is 0. The lowest BCUT2D eigenvalue weighted by atomic mass is 10.0. The summed E-state index contributed by atoms with van der Waals surface area (Å²) in [6.45, 7) is 6.01. The number of carbonyl (C=O) groups excluding carboxylic acids is 1. The fourth-order valence-electron chi connectivity index (χ4n) is 4.41. The summed E-state index contributed by atoms with van der Waals surface area (Å²) in [7, 11) is -3.66. The van der Waals surface area contributed by atoms with Crippen LogP contribution < -0.4 is 0 Å². The van der Waals surface area contributed by atoms with Crippen LogP contribution in [0.2, 0.25) is 0 Å². The van der Waals surface area contributed by atoms with Crippen molar-refractivity contribution in [3.63, 3.8) is 0 Å². The van der Waals surface area contributed by atoms with E-state index in [0.717, 1.165) is 19.3 Å². The molecule has 0 N–H and O–H groups in total. The third-order valence-corrected chi connectivity index (χ3v) is 8.29. The second-order valence-electron chi connectivity index (χ2n) is 8.48. The maximum absolute atomic E-state index is 13.4. The molecule has 2 heterocycles. The molecule has 0 radical (unpaired) electrons. The molecule has 6 nitrogen and oxygen atoms in total. The number of carbonyl (C=O) groups is 1. The molecule has 0 aromatic heterocycles. The van der Waals surface area contributed by atoms with Crippen LogP contribution in [0.3, 0.4) is 0 Å². The van der Waals surface area contributed by atoms with Crippen molar-refractivity contribution in [2.45, 2.75) is 44.0 Å². The molecular weight excluding hydrogens is 412 g/mol. The number of benzene rings is 2. The highest BCUT2D eigenvalue weighted by Gasteiger charge is 2.32. The number of rotatable bonds is 5. The van der Waals surface area contributed by atoms with E-state index in [1.54, 1.807) is 25.1 Å². The van der Waals surface area contributed by atoms with Crippen molar-refractivity contribution in [3.8, 4) is 0 Å². The summed E-state index contributed by atoms with van der Waals surface area (Å²) in [6, 6.07) is 13.6. The van der Waals surface area contributed by atoms with Crippen LogP contribution in [0.4, 0.5) is 0 Å². The fourth-order valence-corrected chi connectivity index (χ4v) is 6.07. The lowest BCUT2D eigenvalue weighted by Gasteiger charge is -2.28. The lowest BCUT2D eigenvalue weighted by Crippen LogP contribution is -2.41. The summed E-state index contributed by atoms with van der Waals surface area (Å²) < 4.78 is 33.1. The first-order chi connectivity index (χ1) is 14.9. The highest BCUT2D eigenvalue weighted by atomic mass is 32.2. The van der Waals surface area contributed by atoms with E-state index < -0.39 is 10.0 Å². The monoisotopic (exact) mass is 442 g/mol. The van der Waals surface area contributed by atoms with Crippen molar-refractivity contribution < 1.29 is 17.9 Å². The highest BCUT2D eigenvalue weighted by Crippen LogP contribution is 2.27. The molecule has 2 saturated heterocycles. The molecule has 0 aliphatic carbocycles. The lowest BCUT2D eigenvalue weighted by molar-refractivity contribution is 0.0727. The second kappa shape index (κ2) is 9.10. The first-order valence-corrected chi connectivity index (χ1v) is 12.4. The molecule has 166 valence electrons. The van der Waals surface area contributed by atoms with Gasteiger partial charge in [0.2, 0.25) is 10.0 Å². The zero-order valence-electron chi connectivity index (χ0n) is 18.2. The SMILES string of the molecule is Cc1ccc(CC2CCCN2C(=O)c2ccc(C)c(S(=O)(=O)N3CCOCC3)c2)cc1. The van der Waals surface area contributed by atoms with Crippen LogP contribution in [0.15, 0.2) is 47.4 Å². The van der Waals surface area contributed by atoms with E-state index in [2.05, 4.69) is 31.2 Å². The smallest absolute Gasteiger partial charge is 0.254 e. The molecule has 31 heavy (non-hydrogen) atoms. The molecule has 2 aromatic carbocycles. The molecule has 0 bridgehead atoms. The Kier molecular flexibility index (Phi) is 6.46. The molecule has 4 rings (SSSR count). The minimum atomic E-state index is -3.66. The number of ether oxygens (including phenoxy) is 1. The number of morpholine rings is 1. The van der Waals surface area contributed by atoms with E-state index in [1.807, 2.05) is 4.90 Å². The van der Waals surface area contributed by atoms with E-state index in [9.17, 15) is 13.2 Å². The van der Waals surface area contributed by atoms with Gasteiger partial charge in [-0.1, -0.05) is 35.9 Å². The van der Waals surface area contributed by atoms with Crippen LogP contribution in [0, 0.1) is 13.8 Å². The molecule has 1 atom stereocenters. The number of hydrogen-bond donors (Lipinski definition) is 0. The van der Waals surface area contributed by atoms with Crippen molar-refractivity contribution in [2.24, 2.45) is 0 Å². The topological polar surface area (TPSA) is 66.9 Å². The van der Waals surface area contributed by atoms with Gasteiger partial charge in [0.1, 0.15) is 0 Å². The van der Waals surface area contributed by atoms with Crippen LogP contribution in [0.1, 0.15) is 39.9 Å². The first kappa shape index (κ1) is 22.0. The average molecular weight is 443 g/mol. The maximum atomic E-state index is 13.4. The Morgan fingerprint density at radius 2 is 1.74 bits per heavy atom. The number of aryl methyl sites for hydroxylation is 2. The van der Waals surface area contributed by atoms with Gasteiger partial charge in [-0.2, -0.15) is 4.31 Å². The van der Waals surface area contributed by atoms with Crippen molar-refractivity contribution in [1.82, 2.24) is 9.21 Å². The molecule has 2 aliphatic rings. The third-order valence-electron chi connectivity index (χ3n) is 6.25. The van der Waals surface area contributed by atoms with Crippen molar-refractivity contribution in [3.05, 3.63) is 64.7 Å². The summed E-state index contributed by atoms with van der Waals surface area (Å²) in [5.41, 5.74) is 3.53. The molecule has 1 amide bonds. The number of sulfonamides is 1. The van der Waals surface area contributed by atoms with Gasteiger partial charge in [0.15, 0.2) is 0 Å². The highest BCUT2D eigenvalue weighted by molar-refractivity contribution is 7.89. The van der Waals surface area contributed by atoms with Gasteiger partial charge in [-0.25, -0.2) is 8.42 Å². The molecular formula is C24H30N2O4S. The number of amides is 1. The largest absolute Gasteiger partial charge is 0.379 e. The van der Waals surface area contributed by atoms with Crippen LogP contribution in [0.25, 0.3) is 0 Å². The predicted octanol–water partition coefficient (Wildman–Crippen LogP) is 3.17. The molecule has 0 spiro atoms. The van der Waals surface area contributed by atoms with Gasteiger partial charge in [0, 0.05) is 31.2 Å². The molecule has 2 aliphatic heterocycles. The minimum absolute atomic E-state index is 0.0898. The Bertz CT molecular complexity index is 1040. The summed E-state index contributed by atoms with van der Waals surface area (Å²) in [6.07, 6.45) is 2.74. The first-order valence-electron chi connectivity index (χ1n) is 10.9. The Balaban J connectivity index is 1.56. The zero-order valence-corrected chi connectivity index (χ0v) is 19.0. The quantitative estimate of drug-likeness (QED) is 0.713. The van der Waals surface area contributed by atoms with Crippen LogP contribution >= 0.6 is 0 Å². The van der Waals surface area contributed by atoms with Gasteiger partial charge < -0.3 is 9.64 Å². The average Bonchev–Trinajstić information content (AvgIpc) is 3.24. The van der Waals surface area contributed by atoms with Gasteiger partial charge in [0.25, 0.3) is 5.91 Å². The summed E-state index contributed by atoms with van der Waals surface area (Å²) in [5.74, 6) is -0.0898. The van der Waals surface area contributed by atoms with Crippen molar-refractivity contribution in [1.29, 1.82) is 0 Å². The molecule has 7 heteroatoms. The molecule has 1 unspecified atom stereocenters. The minimum Gasteiger partial charge on any atom is -0.379 e. The predicted molar refractivity (Wildman–Crippen MR) is 120 cm³/mol. The Labute approximate surface area is 184 Å². The summed E-state index contributed by atoms with van der Waals surface area (Å²) in [4.78, 5) is 15.5. The van der Waals surface area contributed by atoms with Crippen LogP contribution in [-0.4, -0.2) is 62.4 Å². The van der Waals surface area contributed by atoms with E-state index in [-0.39, 0.29) is 16.8 Å². The van der Waals surface area contributed by atoms with Crippen molar-refractivity contribution in [2.75, 3.05) is 32.8 Å². The standard InChI is InChI=1S/C24H30N2O4S/c1-18-5-8-20(9-6-18)16-22-4-3-11-26(22)24(27)21-10-7-19(2)23(17-21)31(28,29)25-12-14-30-15-13-25/h5-10,17,22H,3-4,11-16H2,1-2H3. The fraction of sp³-hybridized carbons (Fsp3) is 0.458. The Hall–Kier alpha value is -2.22. The zero-order chi connectivity index (χ0) is 22.0. The van der Waals surface area contributed by atoms with Gasteiger partial charge in [0.05, 0.1) is 18.1 Å². The molecule has 0 saturated carbocycles. The van der Waals surface area contributed by atoms with E-state index in [4.69, 9.17) is 4.74 Å². The van der Waals surface area contributed by atoms with Crippen molar-refractivity contribution >= 4 is 15.9 Å². The maximum Gasteiger partial charge on any atom is 0.254 e. The summed E-state index contributed by atoms with van der Waals surface area (Å²) in [5, 5.41) is 0. The molecule has 2 aromatic rings. The second-order valence-corrected chi connectivity index (χ2v) is 10.4. The Morgan fingerprint density at radius 1 is 1.03 bits per heavy atom. The molecule has 2 fully saturated rings. The third kappa shape index (κ3) is 4.68. The van der Waals surface area contributed by atoms with Crippen LogP contribution in [-0.2, 0) is 21.2 Å². The van der Waals surface area contributed by atoms with E-state index in [1.165, 1.54) is 15.4 Å². The van der Waals surface area contributed by atoms with Crippen LogP contribution in [0.5, 0.6) is 0 Å². The van der Waals surface area contributed by atoms with E-state index >= 15 is 0 Å². The Morgan fingerprint density at radius 3 is 2.45 bits per heavy atom.